The van der Waals surface area contributed by atoms with Crippen LogP contribution in [0.5, 0.6) is 0 Å². The molecule has 4 heterocycles. The van der Waals surface area contributed by atoms with Gasteiger partial charge in [-0.2, -0.15) is 0 Å². The molecule has 0 spiro atoms. The van der Waals surface area contributed by atoms with E-state index in [1.54, 1.807) is 0 Å². The summed E-state index contributed by atoms with van der Waals surface area (Å²) in [5.41, 5.74) is 0.846. The molecule has 2 aromatic rings. The molecule has 0 N–H and O–H groups in total. The highest BCUT2D eigenvalue weighted by Crippen LogP contribution is 2.56. The number of likely N-dealkylation sites (tertiary alicyclic amines) is 2. The Morgan fingerprint density at radius 1 is 1.04 bits per heavy atom. The Morgan fingerprint density at radius 3 is 2.35 bits per heavy atom. The topological polar surface area (TPSA) is 49.3 Å². The fraction of sp³-hybridized carbons (Fsp3) is 0.476. The van der Waals surface area contributed by atoms with Crippen molar-refractivity contribution in [3.05, 3.63) is 60.2 Å². The number of carbonyl (C=O) groups excluding carboxylic acids is 1. The van der Waals surface area contributed by atoms with Gasteiger partial charge in [0, 0.05) is 25.5 Å². The van der Waals surface area contributed by atoms with Gasteiger partial charge in [-0.3, -0.25) is 19.7 Å². The van der Waals surface area contributed by atoms with E-state index in [1.165, 1.54) is 0 Å². The molecule has 0 aromatic carbocycles. The number of ketones is 1. The molecule has 2 aromatic heterocycles. The van der Waals surface area contributed by atoms with Crippen LogP contribution in [0.2, 0.25) is 0 Å². The zero-order chi connectivity index (χ0) is 18.5. The van der Waals surface area contributed by atoms with Crippen LogP contribution >= 0.6 is 0 Å². The molecule has 2 aliphatic heterocycles. The van der Waals surface area contributed by atoms with Crippen LogP contribution in [0, 0.1) is 11.3 Å². The van der Waals surface area contributed by atoms with E-state index in [0.717, 1.165) is 24.5 Å². The molecule has 0 saturated carbocycles. The number of pyridine rings is 2. The first-order valence-electron chi connectivity index (χ1n) is 9.18. The molecule has 0 radical (unpaired) electrons. The summed E-state index contributed by atoms with van der Waals surface area (Å²) in [5.74, 6) is 0.243. The number of fused-ring (bicyclic) bond motifs is 2. The molecule has 2 bridgehead atoms. The van der Waals surface area contributed by atoms with Gasteiger partial charge >= 0.3 is 0 Å². The highest BCUT2D eigenvalue weighted by Gasteiger charge is 2.65. The molecule has 4 unspecified atom stereocenters. The van der Waals surface area contributed by atoms with Crippen molar-refractivity contribution in [3.8, 4) is 0 Å². The fourth-order valence-electron chi connectivity index (χ4n) is 5.15. The summed E-state index contributed by atoms with van der Waals surface area (Å²) < 4.78 is 0. The van der Waals surface area contributed by atoms with Crippen LogP contribution in [0.4, 0.5) is 0 Å². The van der Waals surface area contributed by atoms with E-state index in [-0.39, 0.29) is 12.0 Å². The van der Waals surface area contributed by atoms with Crippen molar-refractivity contribution in [3.63, 3.8) is 0 Å². The van der Waals surface area contributed by atoms with Crippen molar-refractivity contribution < 1.29 is 4.79 Å². The first-order valence-corrected chi connectivity index (χ1v) is 9.18. The number of nitrogens with zero attached hydrogens (tertiary/aromatic N) is 4. The van der Waals surface area contributed by atoms with Crippen molar-refractivity contribution in [2.24, 2.45) is 11.3 Å². The fourth-order valence-corrected chi connectivity index (χ4v) is 5.15. The van der Waals surface area contributed by atoms with Crippen molar-refractivity contribution in [2.45, 2.75) is 25.4 Å². The molecule has 5 heteroatoms. The van der Waals surface area contributed by atoms with Crippen LogP contribution in [-0.2, 0) is 10.3 Å². The Hall–Kier alpha value is -2.11. The van der Waals surface area contributed by atoms with Gasteiger partial charge in [-0.1, -0.05) is 12.1 Å². The predicted molar refractivity (Wildman–Crippen MR) is 100 cm³/mol. The van der Waals surface area contributed by atoms with Gasteiger partial charge in [-0.15, -0.1) is 0 Å². The van der Waals surface area contributed by atoms with Crippen molar-refractivity contribution in [1.29, 1.82) is 0 Å². The third kappa shape index (κ3) is 2.20. The lowest BCUT2D eigenvalue weighted by Gasteiger charge is -2.62. The van der Waals surface area contributed by atoms with Crippen LogP contribution < -0.4 is 0 Å². The van der Waals surface area contributed by atoms with Crippen LogP contribution in [0.25, 0.3) is 0 Å². The predicted octanol–water partition coefficient (Wildman–Crippen LogP) is 2.52. The zero-order valence-corrected chi connectivity index (χ0v) is 15.9. The largest absolute Gasteiger partial charge is 0.305 e. The molecular formula is C21H26N4O. The number of hydrogen-bond donors (Lipinski definition) is 0. The van der Waals surface area contributed by atoms with E-state index in [1.807, 2.05) is 48.8 Å². The lowest BCUT2D eigenvalue weighted by molar-refractivity contribution is -0.176. The second kappa shape index (κ2) is 5.96. The highest BCUT2D eigenvalue weighted by molar-refractivity contribution is 5.91. The average Bonchev–Trinajstić information content (AvgIpc) is 2.65. The smallest absolute Gasteiger partial charge is 0.148 e. The number of piperidine rings is 2. The second-order valence-corrected chi connectivity index (χ2v) is 8.10. The van der Waals surface area contributed by atoms with Crippen LogP contribution in [0.15, 0.2) is 48.8 Å². The Balaban J connectivity index is 1.94. The molecule has 2 aliphatic rings. The van der Waals surface area contributed by atoms with Gasteiger partial charge in [0.15, 0.2) is 0 Å². The molecule has 0 amide bonds. The van der Waals surface area contributed by atoms with Crippen LogP contribution in [0.1, 0.15) is 31.3 Å². The number of aromatic nitrogens is 2. The summed E-state index contributed by atoms with van der Waals surface area (Å²) in [5, 5.41) is 0. The van der Waals surface area contributed by atoms with Gasteiger partial charge in [0.25, 0.3) is 0 Å². The quantitative estimate of drug-likeness (QED) is 0.833. The average molecular weight is 350 g/mol. The Labute approximate surface area is 155 Å². The maximum atomic E-state index is 13.7. The van der Waals surface area contributed by atoms with E-state index < -0.39 is 11.0 Å². The summed E-state index contributed by atoms with van der Waals surface area (Å²) in [6.07, 6.45) is 3.63. The first kappa shape index (κ1) is 17.3. The standard InChI is InChI=1S/C21H26N4O/c1-20-14-24(3)13-15(19(20)26)18(16-9-5-7-11-22-16)25(4)21(20,2)17-10-6-8-12-23-17/h5-12,15,18H,13-14H2,1-4H3. The number of Topliss-reactive ketones (excluding diaryl/α,β-unsaturated/α-hetero) is 1. The maximum Gasteiger partial charge on any atom is 0.148 e. The molecule has 5 nitrogen and oxygen atoms in total. The van der Waals surface area contributed by atoms with E-state index >= 15 is 0 Å². The van der Waals surface area contributed by atoms with Crippen LogP contribution in [-0.4, -0.2) is 52.7 Å². The summed E-state index contributed by atoms with van der Waals surface area (Å²) in [7, 11) is 4.23. The molecule has 4 atom stereocenters. The molecule has 2 saturated heterocycles. The summed E-state index contributed by atoms with van der Waals surface area (Å²) >= 11 is 0. The van der Waals surface area contributed by atoms with E-state index in [2.05, 4.69) is 47.7 Å². The molecule has 2 fully saturated rings. The Bertz CT molecular complexity index is 811. The number of carbonyl (C=O) groups is 1. The minimum Gasteiger partial charge on any atom is -0.305 e. The molecule has 26 heavy (non-hydrogen) atoms. The minimum absolute atomic E-state index is 0.0634. The van der Waals surface area contributed by atoms with Gasteiger partial charge in [-0.25, -0.2) is 0 Å². The zero-order valence-electron chi connectivity index (χ0n) is 15.9. The van der Waals surface area contributed by atoms with Crippen molar-refractivity contribution in [2.75, 3.05) is 27.2 Å². The maximum absolute atomic E-state index is 13.7. The van der Waals surface area contributed by atoms with Crippen molar-refractivity contribution in [1.82, 2.24) is 19.8 Å². The molecule has 0 aliphatic carbocycles. The second-order valence-electron chi connectivity index (χ2n) is 8.10. The molecule has 4 rings (SSSR count). The lowest BCUT2D eigenvalue weighted by Crippen LogP contribution is -2.71. The van der Waals surface area contributed by atoms with E-state index in [9.17, 15) is 4.79 Å². The number of rotatable bonds is 2. The van der Waals surface area contributed by atoms with Crippen molar-refractivity contribution >= 4 is 5.78 Å². The highest BCUT2D eigenvalue weighted by atomic mass is 16.1. The van der Waals surface area contributed by atoms with Gasteiger partial charge in [0.1, 0.15) is 5.78 Å². The first-order chi connectivity index (χ1) is 12.4. The van der Waals surface area contributed by atoms with Gasteiger partial charge in [-0.05, 0) is 52.2 Å². The third-order valence-electron chi connectivity index (χ3n) is 6.71. The summed E-state index contributed by atoms with van der Waals surface area (Å²) in [6, 6.07) is 11.9. The van der Waals surface area contributed by atoms with Crippen LogP contribution in [0.3, 0.4) is 0 Å². The molecular weight excluding hydrogens is 324 g/mol. The van der Waals surface area contributed by atoms with Gasteiger partial charge in [0.2, 0.25) is 0 Å². The van der Waals surface area contributed by atoms with E-state index in [4.69, 9.17) is 0 Å². The van der Waals surface area contributed by atoms with Gasteiger partial charge in [0.05, 0.1) is 34.3 Å². The normalized spacial score (nSPS) is 35.5. The molecule has 136 valence electrons. The third-order valence-corrected chi connectivity index (χ3v) is 6.71. The number of hydrogen-bond acceptors (Lipinski definition) is 5. The van der Waals surface area contributed by atoms with E-state index in [0.29, 0.717) is 5.78 Å². The monoisotopic (exact) mass is 350 g/mol. The summed E-state index contributed by atoms with van der Waals surface area (Å²) in [6.45, 7) is 5.77. The minimum atomic E-state index is -0.529. The Kier molecular flexibility index (Phi) is 3.97. The summed E-state index contributed by atoms with van der Waals surface area (Å²) in [4.78, 5) is 27.6. The SMILES string of the molecule is CN1CC2C(=O)C(C)(C1)C(C)(c1ccccn1)N(C)C2c1ccccn1. The van der Waals surface area contributed by atoms with Gasteiger partial charge < -0.3 is 4.90 Å². The Morgan fingerprint density at radius 2 is 1.73 bits per heavy atom. The lowest BCUT2D eigenvalue weighted by atomic mass is 9.56.